The number of ether oxygens (including phenoxy) is 2. The third kappa shape index (κ3) is 8.35. The average Bonchev–Trinajstić information content (AvgIpc) is 3.25. The van der Waals surface area contributed by atoms with Crippen molar-refractivity contribution in [3.63, 3.8) is 0 Å². The standard InChI is InChI=1S/C25H31ClF2N4O5S/c1-25(2,3)14-31(4)17(12-29-23(35)19-7-8-20(26)38-19)22(34)30-16-6-5-15(11-18(16)37-24(27)28)32-9-10-36-13-21(32)33/h5-8,11,17,24H,9-10,12-14H2,1-4H3,(H,29,35)(H,30,34)/t17-/m0/s1. The summed E-state index contributed by atoms with van der Waals surface area (Å²) in [5.41, 5.74) is 0.176. The first-order chi connectivity index (χ1) is 17.8. The lowest BCUT2D eigenvalue weighted by molar-refractivity contribution is -0.125. The molecule has 2 heterocycles. The number of carbonyl (C=O) groups excluding carboxylic acids is 3. The number of halogens is 3. The van der Waals surface area contributed by atoms with Crippen LogP contribution in [0.1, 0.15) is 30.4 Å². The second kappa shape index (κ2) is 12.8. The Labute approximate surface area is 229 Å². The van der Waals surface area contributed by atoms with Crippen molar-refractivity contribution in [1.82, 2.24) is 10.2 Å². The van der Waals surface area contributed by atoms with E-state index in [1.165, 1.54) is 23.1 Å². The average molecular weight is 573 g/mol. The van der Waals surface area contributed by atoms with E-state index in [2.05, 4.69) is 15.4 Å². The Balaban J connectivity index is 1.82. The molecule has 0 saturated carbocycles. The largest absolute Gasteiger partial charge is 0.433 e. The van der Waals surface area contributed by atoms with Crippen LogP contribution in [-0.2, 0) is 14.3 Å². The molecular weight excluding hydrogens is 542 g/mol. The maximum atomic E-state index is 13.4. The molecule has 1 aliphatic heterocycles. The van der Waals surface area contributed by atoms with Gasteiger partial charge in [-0.15, -0.1) is 11.3 Å². The number of hydrogen-bond donors (Lipinski definition) is 2. The van der Waals surface area contributed by atoms with Gasteiger partial charge in [0.25, 0.3) is 11.8 Å². The van der Waals surface area contributed by atoms with Crippen LogP contribution in [-0.4, -0.2) is 75.2 Å². The molecule has 3 rings (SSSR count). The van der Waals surface area contributed by atoms with Gasteiger partial charge in [-0.3, -0.25) is 19.3 Å². The van der Waals surface area contributed by atoms with Crippen molar-refractivity contribution in [2.24, 2.45) is 5.41 Å². The monoisotopic (exact) mass is 572 g/mol. The minimum Gasteiger partial charge on any atom is -0.433 e. The van der Waals surface area contributed by atoms with Crippen LogP contribution >= 0.6 is 22.9 Å². The first-order valence-corrected chi connectivity index (χ1v) is 13.0. The van der Waals surface area contributed by atoms with Crippen molar-refractivity contribution >= 4 is 52.0 Å². The third-order valence-electron chi connectivity index (χ3n) is 5.55. The molecule has 1 aromatic carbocycles. The minimum atomic E-state index is -3.16. The first kappa shape index (κ1) is 29.8. The van der Waals surface area contributed by atoms with E-state index in [1.54, 1.807) is 24.1 Å². The number of anilines is 2. The molecule has 3 amide bonds. The summed E-state index contributed by atoms with van der Waals surface area (Å²) in [5, 5.41) is 5.41. The Morgan fingerprint density at radius 3 is 2.61 bits per heavy atom. The van der Waals surface area contributed by atoms with Gasteiger partial charge in [-0.1, -0.05) is 32.4 Å². The van der Waals surface area contributed by atoms with Gasteiger partial charge in [0.2, 0.25) is 5.91 Å². The van der Waals surface area contributed by atoms with Gasteiger partial charge in [-0.2, -0.15) is 8.78 Å². The van der Waals surface area contributed by atoms with Crippen LogP contribution < -0.4 is 20.3 Å². The van der Waals surface area contributed by atoms with E-state index in [0.717, 1.165) is 11.3 Å². The van der Waals surface area contributed by atoms with E-state index >= 15 is 0 Å². The molecule has 1 saturated heterocycles. The van der Waals surface area contributed by atoms with Crippen molar-refractivity contribution in [3.05, 3.63) is 39.5 Å². The molecule has 0 unspecified atom stereocenters. The molecule has 1 atom stereocenters. The number of nitrogens with one attached hydrogen (secondary N) is 2. The number of hydrogen-bond acceptors (Lipinski definition) is 7. The summed E-state index contributed by atoms with van der Waals surface area (Å²) in [6.45, 7) is 3.77. The van der Waals surface area contributed by atoms with Gasteiger partial charge < -0.3 is 25.0 Å². The fourth-order valence-corrected chi connectivity index (χ4v) is 4.96. The van der Waals surface area contributed by atoms with Crippen LogP contribution in [0.15, 0.2) is 30.3 Å². The fourth-order valence-electron chi connectivity index (χ4n) is 4.00. The van der Waals surface area contributed by atoms with Gasteiger partial charge in [0.15, 0.2) is 5.75 Å². The van der Waals surface area contributed by atoms with Gasteiger partial charge in [0.05, 0.1) is 21.5 Å². The predicted octanol–water partition coefficient (Wildman–Crippen LogP) is 4.08. The lowest BCUT2D eigenvalue weighted by atomic mass is 9.95. The smallest absolute Gasteiger partial charge is 0.387 e. The maximum absolute atomic E-state index is 13.4. The lowest BCUT2D eigenvalue weighted by Gasteiger charge is -2.33. The number of nitrogens with zero attached hydrogens (tertiary/aromatic N) is 2. The zero-order chi connectivity index (χ0) is 28.0. The SMILES string of the molecule is CN(CC(C)(C)C)[C@@H](CNC(=O)c1ccc(Cl)s1)C(=O)Nc1ccc(N2CCOCC2=O)cc1OC(F)F. The summed E-state index contributed by atoms with van der Waals surface area (Å²) in [4.78, 5) is 41.8. The Bertz CT molecular complexity index is 1160. The van der Waals surface area contributed by atoms with Crippen LogP contribution in [0.5, 0.6) is 5.75 Å². The molecule has 1 aliphatic rings. The molecule has 0 spiro atoms. The van der Waals surface area contributed by atoms with E-state index in [-0.39, 0.29) is 48.4 Å². The number of carbonyl (C=O) groups is 3. The molecule has 0 aliphatic carbocycles. The molecule has 38 heavy (non-hydrogen) atoms. The zero-order valence-electron chi connectivity index (χ0n) is 21.6. The molecule has 208 valence electrons. The first-order valence-electron chi connectivity index (χ1n) is 11.9. The zero-order valence-corrected chi connectivity index (χ0v) is 23.1. The quantitative estimate of drug-likeness (QED) is 0.445. The van der Waals surface area contributed by atoms with Crippen molar-refractivity contribution < 1.29 is 32.6 Å². The molecular formula is C25H31ClF2N4O5S. The predicted molar refractivity (Wildman–Crippen MR) is 142 cm³/mol. The number of morpholine rings is 1. The Morgan fingerprint density at radius 1 is 1.26 bits per heavy atom. The summed E-state index contributed by atoms with van der Waals surface area (Å²) in [6.07, 6.45) is 0. The summed E-state index contributed by atoms with van der Waals surface area (Å²) in [7, 11) is 1.74. The fraction of sp³-hybridized carbons (Fsp3) is 0.480. The number of amides is 3. The molecule has 0 radical (unpaired) electrons. The minimum absolute atomic E-state index is 0.00489. The third-order valence-corrected chi connectivity index (χ3v) is 6.78. The van der Waals surface area contributed by atoms with Crippen LogP contribution in [0.4, 0.5) is 20.2 Å². The van der Waals surface area contributed by atoms with E-state index in [1.807, 2.05) is 20.8 Å². The van der Waals surface area contributed by atoms with Crippen LogP contribution in [0.25, 0.3) is 0 Å². The highest BCUT2D eigenvalue weighted by atomic mass is 35.5. The normalized spacial score (nSPS) is 15.1. The second-order valence-electron chi connectivity index (χ2n) is 9.95. The highest BCUT2D eigenvalue weighted by Gasteiger charge is 2.29. The summed E-state index contributed by atoms with van der Waals surface area (Å²) >= 11 is 7.04. The van der Waals surface area contributed by atoms with E-state index in [4.69, 9.17) is 16.3 Å². The van der Waals surface area contributed by atoms with Crippen molar-refractivity contribution in [3.8, 4) is 5.75 Å². The number of benzene rings is 1. The molecule has 2 aromatic rings. The highest BCUT2D eigenvalue weighted by Crippen LogP contribution is 2.32. The van der Waals surface area contributed by atoms with Crippen molar-refractivity contribution in [1.29, 1.82) is 0 Å². The molecule has 9 nitrogen and oxygen atoms in total. The van der Waals surface area contributed by atoms with E-state index in [9.17, 15) is 23.2 Å². The van der Waals surface area contributed by atoms with Crippen molar-refractivity contribution in [2.45, 2.75) is 33.4 Å². The highest BCUT2D eigenvalue weighted by molar-refractivity contribution is 7.18. The van der Waals surface area contributed by atoms with Gasteiger partial charge >= 0.3 is 6.61 Å². The topological polar surface area (TPSA) is 100 Å². The maximum Gasteiger partial charge on any atom is 0.387 e. The number of likely N-dealkylation sites (N-methyl/N-ethyl adjacent to an activating group) is 1. The molecule has 2 N–H and O–H groups in total. The summed E-state index contributed by atoms with van der Waals surface area (Å²) < 4.78 is 36.7. The molecule has 13 heteroatoms. The van der Waals surface area contributed by atoms with Gasteiger partial charge in [-0.05, 0) is 36.7 Å². The second-order valence-corrected chi connectivity index (χ2v) is 11.7. The summed E-state index contributed by atoms with van der Waals surface area (Å²) in [5.74, 6) is -1.53. The number of thiophene rings is 1. The van der Waals surface area contributed by atoms with Crippen LogP contribution in [0.3, 0.4) is 0 Å². The Hall–Kier alpha value is -2.80. The van der Waals surface area contributed by atoms with Crippen LogP contribution in [0.2, 0.25) is 4.34 Å². The van der Waals surface area contributed by atoms with E-state index in [0.29, 0.717) is 28.1 Å². The van der Waals surface area contributed by atoms with Gasteiger partial charge in [0.1, 0.15) is 12.6 Å². The molecule has 0 bridgehead atoms. The Morgan fingerprint density at radius 2 is 2.00 bits per heavy atom. The van der Waals surface area contributed by atoms with Gasteiger partial charge in [-0.25, -0.2) is 0 Å². The summed E-state index contributed by atoms with van der Waals surface area (Å²) in [6, 6.07) is 6.57. The Kier molecular flexibility index (Phi) is 10.0. The molecule has 1 aromatic heterocycles. The number of alkyl halides is 2. The lowest BCUT2D eigenvalue weighted by Crippen LogP contribution is -2.51. The van der Waals surface area contributed by atoms with Gasteiger partial charge in [0, 0.05) is 31.4 Å². The van der Waals surface area contributed by atoms with E-state index < -0.39 is 18.6 Å². The molecule has 1 fully saturated rings. The number of rotatable bonds is 10. The van der Waals surface area contributed by atoms with Crippen molar-refractivity contribution in [2.75, 3.05) is 50.1 Å². The van der Waals surface area contributed by atoms with Crippen LogP contribution in [0, 0.1) is 5.41 Å².